The van der Waals surface area contributed by atoms with E-state index in [1.165, 1.54) is 21.1 Å². The van der Waals surface area contributed by atoms with Crippen molar-refractivity contribution in [2.45, 2.75) is 30.7 Å². The van der Waals surface area contributed by atoms with Crippen molar-refractivity contribution < 1.29 is 12.8 Å². The van der Waals surface area contributed by atoms with Crippen LogP contribution in [0.5, 0.6) is 0 Å². The van der Waals surface area contributed by atoms with Crippen LogP contribution in [-0.2, 0) is 10.0 Å². The average molecular weight is 338 g/mol. The highest BCUT2D eigenvalue weighted by Gasteiger charge is 2.34. The molecule has 1 unspecified atom stereocenters. The molecule has 124 valence electrons. The van der Waals surface area contributed by atoms with Crippen LogP contribution < -0.4 is 5.73 Å². The van der Waals surface area contributed by atoms with E-state index in [9.17, 15) is 12.8 Å². The van der Waals surface area contributed by atoms with Gasteiger partial charge in [-0.1, -0.05) is 0 Å². The Morgan fingerprint density at radius 3 is 2.83 bits per heavy atom. The summed E-state index contributed by atoms with van der Waals surface area (Å²) in [5, 5.41) is 4.04. The lowest BCUT2D eigenvalue weighted by molar-refractivity contribution is 0.392. The van der Waals surface area contributed by atoms with E-state index in [0.717, 1.165) is 24.5 Å². The van der Waals surface area contributed by atoms with Crippen molar-refractivity contribution in [2.24, 2.45) is 5.73 Å². The Labute approximate surface area is 134 Å². The Balaban J connectivity index is 1.96. The molecule has 1 atom stereocenters. The van der Waals surface area contributed by atoms with Gasteiger partial charge in [0.25, 0.3) is 0 Å². The Morgan fingerprint density at radius 1 is 1.43 bits per heavy atom. The monoisotopic (exact) mass is 338 g/mol. The topological polar surface area (TPSA) is 81.2 Å². The summed E-state index contributed by atoms with van der Waals surface area (Å²) in [4.78, 5) is -0.0528. The first-order valence-corrected chi connectivity index (χ1v) is 8.90. The van der Waals surface area contributed by atoms with Gasteiger partial charge in [-0.25, -0.2) is 17.5 Å². The van der Waals surface area contributed by atoms with Crippen LogP contribution in [-0.4, -0.2) is 41.6 Å². The molecule has 1 aromatic carbocycles. The molecule has 0 amide bonds. The number of sulfonamides is 1. The number of halogens is 1. The van der Waals surface area contributed by atoms with Gasteiger partial charge < -0.3 is 5.73 Å². The number of benzene rings is 1. The highest BCUT2D eigenvalue weighted by atomic mass is 32.2. The minimum absolute atomic E-state index is 0.0528. The molecular formula is C15H19FN4O2S. The zero-order chi connectivity index (χ0) is 16.6. The molecule has 1 aliphatic heterocycles. The molecule has 2 N–H and O–H groups in total. The summed E-state index contributed by atoms with van der Waals surface area (Å²) >= 11 is 0. The molecule has 1 saturated heterocycles. The molecule has 6 nitrogen and oxygen atoms in total. The summed E-state index contributed by atoms with van der Waals surface area (Å²) in [7, 11) is -3.73. The standard InChI is InChI=1S/C15H19FN4O2S/c1-11-9-18-19(10-11)15-5-4-13(7-14(15)16)23(21,22)20-6-2-3-12(20)8-17/h4-5,7,9-10,12H,2-3,6,8,17H2,1H3. The minimum atomic E-state index is -3.73. The number of hydrogen-bond acceptors (Lipinski definition) is 4. The molecule has 1 aromatic heterocycles. The Bertz CT molecular complexity index is 819. The van der Waals surface area contributed by atoms with Gasteiger partial charge in [0.15, 0.2) is 0 Å². The van der Waals surface area contributed by atoms with E-state index in [0.29, 0.717) is 6.54 Å². The fourth-order valence-electron chi connectivity index (χ4n) is 2.88. The minimum Gasteiger partial charge on any atom is -0.329 e. The molecule has 0 aliphatic carbocycles. The van der Waals surface area contributed by atoms with Crippen LogP contribution in [0.1, 0.15) is 18.4 Å². The predicted octanol–water partition coefficient (Wildman–Crippen LogP) is 1.43. The molecule has 23 heavy (non-hydrogen) atoms. The Morgan fingerprint density at radius 2 is 2.22 bits per heavy atom. The van der Waals surface area contributed by atoms with Crippen molar-refractivity contribution in [3.05, 3.63) is 42.0 Å². The summed E-state index contributed by atoms with van der Waals surface area (Å²) in [5.41, 5.74) is 6.75. The molecular weight excluding hydrogens is 319 g/mol. The first-order chi connectivity index (χ1) is 10.9. The molecule has 0 spiro atoms. The number of nitrogens with zero attached hydrogens (tertiary/aromatic N) is 3. The Hall–Kier alpha value is -1.77. The summed E-state index contributed by atoms with van der Waals surface area (Å²) in [6.45, 7) is 2.54. The van der Waals surface area contributed by atoms with Crippen LogP contribution >= 0.6 is 0 Å². The first kappa shape index (κ1) is 16.1. The van der Waals surface area contributed by atoms with Gasteiger partial charge in [-0.2, -0.15) is 9.40 Å². The average Bonchev–Trinajstić information content (AvgIpc) is 3.15. The van der Waals surface area contributed by atoms with Crippen molar-refractivity contribution in [1.82, 2.24) is 14.1 Å². The number of rotatable bonds is 4. The quantitative estimate of drug-likeness (QED) is 0.914. The number of hydrogen-bond donors (Lipinski definition) is 1. The molecule has 8 heteroatoms. The number of aromatic nitrogens is 2. The molecule has 0 saturated carbocycles. The molecule has 0 bridgehead atoms. The molecule has 2 aromatic rings. The van der Waals surface area contributed by atoms with Gasteiger partial charge in [-0.05, 0) is 43.5 Å². The van der Waals surface area contributed by atoms with E-state index in [2.05, 4.69) is 5.10 Å². The highest BCUT2D eigenvalue weighted by Crippen LogP contribution is 2.27. The van der Waals surface area contributed by atoms with Crippen molar-refractivity contribution in [2.75, 3.05) is 13.1 Å². The fraction of sp³-hybridized carbons (Fsp3) is 0.400. The molecule has 3 rings (SSSR count). The molecule has 1 fully saturated rings. The molecule has 1 aliphatic rings. The van der Waals surface area contributed by atoms with Gasteiger partial charge in [0, 0.05) is 25.3 Å². The zero-order valence-electron chi connectivity index (χ0n) is 12.8. The largest absolute Gasteiger partial charge is 0.329 e. The zero-order valence-corrected chi connectivity index (χ0v) is 13.6. The third kappa shape index (κ3) is 2.89. The Kier molecular flexibility index (Phi) is 4.22. The van der Waals surface area contributed by atoms with E-state index < -0.39 is 15.8 Å². The van der Waals surface area contributed by atoms with Crippen molar-refractivity contribution >= 4 is 10.0 Å². The summed E-state index contributed by atoms with van der Waals surface area (Å²) in [6, 6.07) is 3.68. The fourth-order valence-corrected chi connectivity index (χ4v) is 4.59. The normalized spacial score (nSPS) is 19.3. The third-order valence-corrected chi connectivity index (χ3v) is 6.03. The second kappa shape index (κ2) is 6.03. The lowest BCUT2D eigenvalue weighted by Gasteiger charge is -2.23. The maximum atomic E-state index is 14.4. The summed E-state index contributed by atoms with van der Waals surface area (Å²) in [6.07, 6.45) is 4.80. The second-order valence-electron chi connectivity index (χ2n) is 5.72. The lowest BCUT2D eigenvalue weighted by atomic mass is 10.2. The highest BCUT2D eigenvalue weighted by molar-refractivity contribution is 7.89. The van der Waals surface area contributed by atoms with Crippen LogP contribution in [0.3, 0.4) is 0 Å². The summed E-state index contributed by atoms with van der Waals surface area (Å²) in [5.74, 6) is -0.627. The van der Waals surface area contributed by atoms with Crippen LogP contribution in [0.25, 0.3) is 5.69 Å². The van der Waals surface area contributed by atoms with Gasteiger partial charge in [0.05, 0.1) is 11.1 Å². The van der Waals surface area contributed by atoms with Crippen molar-refractivity contribution in [3.63, 3.8) is 0 Å². The van der Waals surface area contributed by atoms with Crippen LogP contribution in [0.4, 0.5) is 4.39 Å². The maximum absolute atomic E-state index is 14.4. The van der Waals surface area contributed by atoms with Crippen LogP contribution in [0.2, 0.25) is 0 Å². The maximum Gasteiger partial charge on any atom is 0.243 e. The molecule has 2 heterocycles. The van der Waals surface area contributed by atoms with E-state index in [-0.39, 0.29) is 23.2 Å². The number of nitrogens with two attached hydrogens (primary N) is 1. The van der Waals surface area contributed by atoms with E-state index >= 15 is 0 Å². The van der Waals surface area contributed by atoms with E-state index in [1.54, 1.807) is 12.4 Å². The first-order valence-electron chi connectivity index (χ1n) is 7.46. The van der Waals surface area contributed by atoms with Gasteiger partial charge in [-0.15, -0.1) is 0 Å². The van der Waals surface area contributed by atoms with E-state index in [1.807, 2.05) is 6.92 Å². The van der Waals surface area contributed by atoms with Gasteiger partial charge in [-0.3, -0.25) is 0 Å². The van der Waals surface area contributed by atoms with Gasteiger partial charge in [0.1, 0.15) is 11.5 Å². The number of aryl methyl sites for hydroxylation is 1. The van der Waals surface area contributed by atoms with Gasteiger partial charge in [0.2, 0.25) is 10.0 Å². The smallest absolute Gasteiger partial charge is 0.243 e. The van der Waals surface area contributed by atoms with Gasteiger partial charge >= 0.3 is 0 Å². The predicted molar refractivity (Wildman–Crippen MR) is 84.2 cm³/mol. The third-order valence-electron chi connectivity index (χ3n) is 4.08. The van der Waals surface area contributed by atoms with Crippen molar-refractivity contribution in [1.29, 1.82) is 0 Å². The SMILES string of the molecule is Cc1cnn(-c2ccc(S(=O)(=O)N3CCCC3CN)cc2F)c1. The van der Waals surface area contributed by atoms with Crippen LogP contribution in [0.15, 0.2) is 35.5 Å². The van der Waals surface area contributed by atoms with Crippen molar-refractivity contribution in [3.8, 4) is 5.69 Å². The van der Waals surface area contributed by atoms with Crippen LogP contribution in [0, 0.1) is 12.7 Å². The molecule has 0 radical (unpaired) electrons. The lowest BCUT2D eigenvalue weighted by Crippen LogP contribution is -2.39. The second-order valence-corrected chi connectivity index (χ2v) is 7.61. The summed E-state index contributed by atoms with van der Waals surface area (Å²) < 4.78 is 42.5. The van der Waals surface area contributed by atoms with E-state index in [4.69, 9.17) is 5.73 Å².